The van der Waals surface area contributed by atoms with Crippen LogP contribution < -0.4 is 0 Å². The largest absolute Gasteiger partial charge is 0.358 e. The van der Waals surface area contributed by atoms with E-state index in [-0.39, 0.29) is 28.5 Å². The molecule has 3 heteroatoms. The molecule has 120 valence electrons. The van der Waals surface area contributed by atoms with Crippen LogP contribution in [-0.4, -0.2) is 9.97 Å². The van der Waals surface area contributed by atoms with Crippen molar-refractivity contribution in [3.63, 3.8) is 0 Å². The molecule has 0 saturated heterocycles. The fourth-order valence-corrected chi connectivity index (χ4v) is 1.73. The monoisotopic (exact) mass is 467 g/mol. The van der Waals surface area contributed by atoms with E-state index < -0.39 is 0 Å². The van der Waals surface area contributed by atoms with Gasteiger partial charge >= 0.3 is 0 Å². The van der Waals surface area contributed by atoms with Gasteiger partial charge in [-0.05, 0) is 36.8 Å². The van der Waals surface area contributed by atoms with Crippen molar-refractivity contribution in [1.29, 1.82) is 0 Å². The molecule has 0 amide bonds. The summed E-state index contributed by atoms with van der Waals surface area (Å²) in [6.45, 7) is 10.3. The molecular weight excluding hydrogens is 440 g/mol. The van der Waals surface area contributed by atoms with Crippen LogP contribution in [0.15, 0.2) is 42.5 Å². The average Bonchev–Trinajstić information content (AvgIpc) is 2.48. The third-order valence-corrected chi connectivity index (χ3v) is 2.49. The van der Waals surface area contributed by atoms with Crippen LogP contribution in [0.2, 0.25) is 0 Å². The molecule has 0 saturated carbocycles. The van der Waals surface area contributed by atoms with Crippen molar-refractivity contribution in [2.24, 2.45) is 0 Å². The Morgan fingerprint density at radius 3 is 1.68 bits per heavy atom. The first-order valence-electron chi connectivity index (χ1n) is 7.37. The van der Waals surface area contributed by atoms with Crippen molar-refractivity contribution in [3.05, 3.63) is 55.5 Å². The van der Waals surface area contributed by atoms with Crippen LogP contribution in [0.3, 0.4) is 0 Å². The molecule has 0 radical (unpaired) electrons. The Bertz CT molecular complexity index is 666. The minimum Gasteiger partial charge on any atom is -0.358 e. The van der Waals surface area contributed by atoms with E-state index in [1.54, 1.807) is 0 Å². The predicted molar refractivity (Wildman–Crippen MR) is 95.5 cm³/mol. The molecule has 2 aromatic carbocycles. The number of aromatic nitrogens is 2. The maximum atomic E-state index is 4.58. The van der Waals surface area contributed by atoms with E-state index in [0.717, 1.165) is 22.1 Å². The Labute approximate surface area is 149 Å². The molecule has 3 rings (SSSR count). The maximum absolute atomic E-state index is 4.58. The van der Waals surface area contributed by atoms with Gasteiger partial charge in [-0.15, -0.1) is 0 Å². The van der Waals surface area contributed by atoms with Crippen LogP contribution in [0.1, 0.15) is 39.7 Å². The van der Waals surface area contributed by atoms with E-state index >= 15 is 0 Å². The standard InChI is InChI=1S/C13H10N2.C3H8.C2H6.CH3.W/c1-9-6-7-12-13(8-9)15-11-5-3-2-4-10(11)14-12;1-3-2;1-2;;/h2-8H,1H3;3H2,1-2H3;1-2H3;1H3;/q;;;-1;. The summed E-state index contributed by atoms with van der Waals surface area (Å²) in [7, 11) is 0. The van der Waals surface area contributed by atoms with Crippen LogP contribution >= 0.6 is 0 Å². The van der Waals surface area contributed by atoms with Crippen LogP contribution in [0.5, 0.6) is 0 Å². The summed E-state index contributed by atoms with van der Waals surface area (Å²) < 4.78 is 0. The van der Waals surface area contributed by atoms with Crippen LogP contribution in [0.4, 0.5) is 0 Å². The smallest absolute Gasteiger partial charge is 0.0897 e. The van der Waals surface area contributed by atoms with Gasteiger partial charge in [-0.3, -0.25) is 0 Å². The minimum absolute atomic E-state index is 0. The number of rotatable bonds is 0. The fourth-order valence-electron chi connectivity index (χ4n) is 1.73. The number of hydrogen-bond acceptors (Lipinski definition) is 2. The van der Waals surface area contributed by atoms with Crippen molar-refractivity contribution < 1.29 is 21.1 Å². The Kier molecular flexibility index (Phi) is 12.8. The number of para-hydroxylation sites is 2. The second-order valence-electron chi connectivity index (χ2n) is 4.41. The Morgan fingerprint density at radius 1 is 0.773 bits per heavy atom. The molecule has 0 aliphatic heterocycles. The van der Waals surface area contributed by atoms with Crippen LogP contribution in [0, 0.1) is 14.4 Å². The molecule has 0 atom stereocenters. The molecule has 2 nitrogen and oxygen atoms in total. The molecule has 0 N–H and O–H groups in total. The van der Waals surface area contributed by atoms with Crippen molar-refractivity contribution >= 4 is 22.1 Å². The van der Waals surface area contributed by atoms with Gasteiger partial charge in [0.05, 0.1) is 22.1 Å². The molecular formula is C19H27N2W-. The number of hydrogen-bond donors (Lipinski definition) is 0. The second kappa shape index (κ2) is 12.3. The van der Waals surface area contributed by atoms with Crippen molar-refractivity contribution in [2.75, 3.05) is 0 Å². The first-order valence-corrected chi connectivity index (χ1v) is 7.37. The third kappa shape index (κ3) is 6.23. The summed E-state index contributed by atoms with van der Waals surface area (Å²) in [5.41, 5.74) is 5.05. The van der Waals surface area contributed by atoms with E-state index in [9.17, 15) is 0 Å². The number of nitrogens with zero attached hydrogens (tertiary/aromatic N) is 2. The van der Waals surface area contributed by atoms with Gasteiger partial charge in [0.1, 0.15) is 0 Å². The quantitative estimate of drug-likeness (QED) is 0.300. The summed E-state index contributed by atoms with van der Waals surface area (Å²) in [6, 6.07) is 14.1. The van der Waals surface area contributed by atoms with E-state index in [1.807, 2.05) is 44.2 Å². The van der Waals surface area contributed by atoms with E-state index in [1.165, 1.54) is 12.0 Å². The first-order chi connectivity index (χ1) is 9.74. The Hall–Kier alpha value is -1.27. The molecule has 0 aliphatic carbocycles. The number of aryl methyl sites for hydroxylation is 1. The van der Waals surface area contributed by atoms with Crippen LogP contribution in [0.25, 0.3) is 22.1 Å². The molecule has 3 aromatic rings. The van der Waals surface area contributed by atoms with Gasteiger partial charge in [0, 0.05) is 21.1 Å². The summed E-state index contributed by atoms with van der Waals surface area (Å²) in [6.07, 6.45) is 1.25. The van der Waals surface area contributed by atoms with Crippen molar-refractivity contribution in [2.45, 2.75) is 41.0 Å². The van der Waals surface area contributed by atoms with E-state index in [0.29, 0.717) is 0 Å². The van der Waals surface area contributed by atoms with Crippen molar-refractivity contribution in [3.8, 4) is 0 Å². The molecule has 1 heterocycles. The molecule has 22 heavy (non-hydrogen) atoms. The molecule has 0 unspecified atom stereocenters. The summed E-state index contributed by atoms with van der Waals surface area (Å²) in [5, 5.41) is 0. The van der Waals surface area contributed by atoms with Gasteiger partial charge in [-0.25, -0.2) is 9.97 Å². The van der Waals surface area contributed by atoms with Gasteiger partial charge in [-0.1, -0.05) is 52.3 Å². The summed E-state index contributed by atoms with van der Waals surface area (Å²) in [5.74, 6) is 0. The maximum Gasteiger partial charge on any atom is 0.0897 e. The van der Waals surface area contributed by atoms with Gasteiger partial charge in [0.25, 0.3) is 0 Å². The Balaban J connectivity index is 0. The van der Waals surface area contributed by atoms with E-state index in [4.69, 9.17) is 0 Å². The topological polar surface area (TPSA) is 25.8 Å². The number of fused-ring (bicyclic) bond motifs is 2. The molecule has 0 spiro atoms. The molecule has 1 aromatic heterocycles. The summed E-state index contributed by atoms with van der Waals surface area (Å²) >= 11 is 0. The van der Waals surface area contributed by atoms with Gasteiger partial charge in [0.2, 0.25) is 0 Å². The third-order valence-electron chi connectivity index (χ3n) is 2.49. The molecule has 0 aliphatic rings. The van der Waals surface area contributed by atoms with Gasteiger partial charge < -0.3 is 7.43 Å². The van der Waals surface area contributed by atoms with E-state index in [2.05, 4.69) is 42.9 Å². The second-order valence-corrected chi connectivity index (χ2v) is 4.41. The Morgan fingerprint density at radius 2 is 1.18 bits per heavy atom. The first kappa shape index (κ1) is 23.0. The predicted octanol–water partition coefficient (Wildman–Crippen LogP) is 5.98. The van der Waals surface area contributed by atoms with Crippen molar-refractivity contribution in [1.82, 2.24) is 9.97 Å². The fraction of sp³-hybridized carbons (Fsp3) is 0.316. The number of benzene rings is 2. The summed E-state index contributed by atoms with van der Waals surface area (Å²) in [4.78, 5) is 9.13. The molecule has 0 fully saturated rings. The zero-order valence-electron chi connectivity index (χ0n) is 14.6. The zero-order valence-corrected chi connectivity index (χ0v) is 17.5. The SMILES string of the molecule is CC.CCC.Cc1ccc2nc3ccccc3nc2c1.[CH3-].[W]. The normalized spacial score (nSPS) is 8.59. The van der Waals surface area contributed by atoms with Gasteiger partial charge in [-0.2, -0.15) is 0 Å². The van der Waals surface area contributed by atoms with Crippen LogP contribution in [-0.2, 0) is 21.1 Å². The average molecular weight is 467 g/mol. The molecule has 0 bridgehead atoms. The minimum atomic E-state index is 0. The zero-order chi connectivity index (χ0) is 15.0. The van der Waals surface area contributed by atoms with Gasteiger partial charge in [0.15, 0.2) is 0 Å².